The van der Waals surface area contributed by atoms with Gasteiger partial charge in [0.2, 0.25) is 0 Å². The Bertz CT molecular complexity index is 4840. The number of hydrogen-bond donors (Lipinski definition) is 0. The van der Waals surface area contributed by atoms with Crippen LogP contribution in [-0.4, -0.2) is 0 Å². The monoisotopic (exact) mass is 1190 g/mol. The molecular weight excluding hydrogens is 1110 g/mol. The fraction of sp³-hybridized carbons (Fsp3) is 0.304. The smallest absolute Gasteiger partial charge is 0.0159 e. The van der Waals surface area contributed by atoms with E-state index in [1.54, 1.807) is 0 Å². The molecule has 0 heterocycles. The Morgan fingerprint density at radius 3 is 0.728 bits per heavy atom. The molecule has 0 spiro atoms. The highest BCUT2D eigenvalue weighted by molar-refractivity contribution is 6.32. The first kappa shape index (κ1) is 58.7. The van der Waals surface area contributed by atoms with Crippen LogP contribution in [0.2, 0.25) is 0 Å². The molecule has 4 aliphatic carbocycles. The predicted octanol–water partition coefficient (Wildman–Crippen LogP) is 25.5. The summed E-state index contributed by atoms with van der Waals surface area (Å²) >= 11 is 0. The Kier molecular flexibility index (Phi) is 12.5. The number of rotatable bonds is 8. The zero-order valence-electron chi connectivity index (χ0n) is 57.9. The average Bonchev–Trinajstić information content (AvgIpc) is 0.835. The lowest BCUT2D eigenvalue weighted by Gasteiger charge is -2.26. The van der Waals surface area contributed by atoms with E-state index in [1.165, 1.54) is 188 Å². The van der Waals surface area contributed by atoms with Crippen LogP contribution < -0.4 is 0 Å². The van der Waals surface area contributed by atoms with E-state index < -0.39 is 0 Å². The lowest BCUT2D eigenvalue weighted by molar-refractivity contribution is 0.584. The SMILES string of the molecule is CC(C)Cc1ccc2c(c1)C(C)(C)c1cc(-c3cc(-c4ccc5c(c4)C(C)(C)c4cc(CC(C)C)ccc4-5)c4ccc5c(-c6ccc7c(c6)C(C)(C)c6cc(C(C)(C)C)ccc6-7)cc(-c6ccc7c(c6)C(C)(C)c6cc(C(C)(C)C)ccc6-7)c6ccc3c4c65)ccc1-2. The molecule has 0 aliphatic heterocycles. The molecule has 4 aliphatic rings. The largest absolute Gasteiger partial charge is 0.0625 e. The molecule has 12 aromatic rings. The highest BCUT2D eigenvalue weighted by Crippen LogP contribution is 2.58. The third-order valence-electron chi connectivity index (χ3n) is 23.0. The minimum atomic E-state index is -0.184. The molecule has 0 saturated heterocycles. The third kappa shape index (κ3) is 8.53. The fourth-order valence-electron chi connectivity index (χ4n) is 17.8. The normalized spacial score (nSPS) is 15.9. The van der Waals surface area contributed by atoms with Crippen LogP contribution in [0, 0.1) is 11.8 Å². The van der Waals surface area contributed by atoms with Crippen LogP contribution >= 0.6 is 0 Å². The zero-order chi connectivity index (χ0) is 64.4. The summed E-state index contributed by atoms with van der Waals surface area (Å²) in [6, 6.07) is 74.2. The average molecular weight is 1200 g/mol. The Labute approximate surface area is 548 Å². The summed E-state index contributed by atoms with van der Waals surface area (Å²) in [6.45, 7) is 43.0. The van der Waals surface area contributed by atoms with Crippen molar-refractivity contribution in [1.29, 1.82) is 0 Å². The van der Waals surface area contributed by atoms with Gasteiger partial charge in [-0.25, -0.2) is 0 Å². The molecule has 0 N–H and O–H groups in total. The molecule has 16 rings (SSSR count). The van der Waals surface area contributed by atoms with Crippen LogP contribution in [0.25, 0.3) is 121 Å². The molecule has 0 fully saturated rings. The highest BCUT2D eigenvalue weighted by atomic mass is 14.4. The summed E-state index contributed by atoms with van der Waals surface area (Å²) < 4.78 is 0. The fourth-order valence-corrected chi connectivity index (χ4v) is 17.8. The number of benzene rings is 12. The van der Waals surface area contributed by atoms with Gasteiger partial charge in [-0.15, -0.1) is 0 Å². The maximum absolute atomic E-state index is 2.58. The quantitative estimate of drug-likeness (QED) is 0.133. The topological polar surface area (TPSA) is 0 Å². The Morgan fingerprint density at radius 1 is 0.250 bits per heavy atom. The van der Waals surface area contributed by atoms with E-state index in [0.717, 1.165) is 12.8 Å². The van der Waals surface area contributed by atoms with Gasteiger partial charge < -0.3 is 0 Å². The Balaban J connectivity index is 0.965. The lowest BCUT2D eigenvalue weighted by Crippen LogP contribution is -2.17. The minimum Gasteiger partial charge on any atom is -0.0625 e. The van der Waals surface area contributed by atoms with Crippen molar-refractivity contribution in [2.75, 3.05) is 0 Å². The van der Waals surface area contributed by atoms with Crippen molar-refractivity contribution >= 4 is 32.3 Å². The number of hydrogen-bond acceptors (Lipinski definition) is 0. The van der Waals surface area contributed by atoms with E-state index in [1.807, 2.05) is 0 Å². The summed E-state index contributed by atoms with van der Waals surface area (Å²) in [5, 5.41) is 7.86. The minimum absolute atomic E-state index is 0.0503. The van der Waals surface area contributed by atoms with Crippen LogP contribution in [0.15, 0.2) is 182 Å². The van der Waals surface area contributed by atoms with Crippen molar-refractivity contribution < 1.29 is 0 Å². The molecule has 0 aromatic heterocycles. The zero-order valence-corrected chi connectivity index (χ0v) is 57.9. The second kappa shape index (κ2) is 19.6. The van der Waals surface area contributed by atoms with Crippen LogP contribution in [-0.2, 0) is 45.3 Å². The third-order valence-corrected chi connectivity index (χ3v) is 23.0. The van der Waals surface area contributed by atoms with Crippen molar-refractivity contribution in [1.82, 2.24) is 0 Å². The molecule has 12 aromatic carbocycles. The standard InChI is InChI=1S/C92H90/c1-51(2)39-53-19-27-61-63-29-21-55(43-79(63)89(11,12)77(61)41-53)73-49-74(56-22-30-64-62-28-20-54(40-52(3)4)42-78(62)90(13,14)80(64)44-56)70-36-38-72-76(58-24-32-66-68-34-26-60(88(8,9)10)48-84(68)92(17,18)82(66)46-58)50-75(71-37-35-69(73)85(70)86(71)72)57-23-31-65-67-33-25-59(87(5,6)7)47-83(67)91(15,16)81(65)45-57/h19-38,41-52H,39-40H2,1-18H3. The first-order valence-electron chi connectivity index (χ1n) is 34.5. The number of fused-ring (bicyclic) bond motifs is 12. The van der Waals surface area contributed by atoms with E-state index in [2.05, 4.69) is 307 Å². The van der Waals surface area contributed by atoms with Gasteiger partial charge in [0.25, 0.3) is 0 Å². The van der Waals surface area contributed by atoms with E-state index in [0.29, 0.717) is 11.8 Å². The van der Waals surface area contributed by atoms with Crippen LogP contribution in [0.5, 0.6) is 0 Å². The van der Waals surface area contributed by atoms with Gasteiger partial charge in [-0.2, -0.15) is 0 Å². The summed E-state index contributed by atoms with van der Waals surface area (Å²) in [6.07, 6.45) is 2.17. The molecule has 0 heteroatoms. The van der Waals surface area contributed by atoms with E-state index >= 15 is 0 Å². The van der Waals surface area contributed by atoms with E-state index in [4.69, 9.17) is 0 Å². The highest BCUT2D eigenvalue weighted by Gasteiger charge is 2.41. The maximum atomic E-state index is 2.58. The van der Waals surface area contributed by atoms with Crippen LogP contribution in [0.1, 0.15) is 191 Å². The van der Waals surface area contributed by atoms with Crippen LogP contribution in [0.3, 0.4) is 0 Å². The lowest BCUT2D eigenvalue weighted by atomic mass is 9.77. The van der Waals surface area contributed by atoms with Gasteiger partial charge in [-0.1, -0.05) is 270 Å². The van der Waals surface area contributed by atoms with Gasteiger partial charge >= 0.3 is 0 Å². The van der Waals surface area contributed by atoms with Crippen molar-refractivity contribution in [3.8, 4) is 89.0 Å². The molecule has 0 radical (unpaired) electrons. The molecule has 0 saturated carbocycles. The van der Waals surface area contributed by atoms with Gasteiger partial charge in [0.15, 0.2) is 0 Å². The predicted molar refractivity (Wildman–Crippen MR) is 397 cm³/mol. The van der Waals surface area contributed by atoms with Crippen molar-refractivity contribution in [3.63, 3.8) is 0 Å². The van der Waals surface area contributed by atoms with Crippen molar-refractivity contribution in [2.45, 2.75) is 170 Å². The molecule has 0 atom stereocenters. The first-order chi connectivity index (χ1) is 43.5. The van der Waals surface area contributed by atoms with Gasteiger partial charge in [0.05, 0.1) is 0 Å². The van der Waals surface area contributed by atoms with Gasteiger partial charge in [0.1, 0.15) is 0 Å². The van der Waals surface area contributed by atoms with Crippen molar-refractivity contribution in [3.05, 3.63) is 249 Å². The van der Waals surface area contributed by atoms with Gasteiger partial charge in [-0.05, 0) is 260 Å². The summed E-state index contributed by atoms with van der Waals surface area (Å²) in [4.78, 5) is 0. The molecule has 0 nitrogen and oxygen atoms in total. The summed E-state index contributed by atoms with van der Waals surface area (Å²) in [5.74, 6) is 1.19. The molecule has 92 heavy (non-hydrogen) atoms. The summed E-state index contributed by atoms with van der Waals surface area (Å²) in [7, 11) is 0. The second-order valence-corrected chi connectivity index (χ2v) is 33.5. The van der Waals surface area contributed by atoms with Crippen molar-refractivity contribution in [2.24, 2.45) is 11.8 Å². The van der Waals surface area contributed by atoms with Crippen LogP contribution in [0.4, 0.5) is 0 Å². The first-order valence-corrected chi connectivity index (χ1v) is 34.5. The Morgan fingerprint density at radius 2 is 0.478 bits per heavy atom. The van der Waals surface area contributed by atoms with Gasteiger partial charge in [0, 0.05) is 21.7 Å². The maximum Gasteiger partial charge on any atom is 0.0159 e. The van der Waals surface area contributed by atoms with E-state index in [9.17, 15) is 0 Å². The van der Waals surface area contributed by atoms with E-state index in [-0.39, 0.29) is 32.5 Å². The molecular formula is C92H90. The molecule has 458 valence electrons. The molecule has 0 unspecified atom stereocenters. The molecule has 0 amide bonds. The Hall–Kier alpha value is -8.32. The van der Waals surface area contributed by atoms with Gasteiger partial charge in [-0.3, -0.25) is 0 Å². The summed E-state index contributed by atoms with van der Waals surface area (Å²) in [5.41, 5.74) is 37.5. The second-order valence-electron chi connectivity index (χ2n) is 33.5. The molecule has 0 bridgehead atoms.